The molecular formula is C15H12O3S. The van der Waals surface area contributed by atoms with Crippen LogP contribution in [0.4, 0.5) is 0 Å². The van der Waals surface area contributed by atoms with Gasteiger partial charge in [0, 0.05) is 28.0 Å². The first kappa shape index (κ1) is 12.4. The van der Waals surface area contributed by atoms with Crippen LogP contribution in [0.3, 0.4) is 0 Å². The van der Waals surface area contributed by atoms with Crippen LogP contribution < -0.4 is 0 Å². The van der Waals surface area contributed by atoms with E-state index < -0.39 is 0 Å². The van der Waals surface area contributed by atoms with Gasteiger partial charge in [-0.25, -0.2) is 0 Å². The Hall–Kier alpha value is -1.68. The molecule has 0 radical (unpaired) electrons. The zero-order valence-electron chi connectivity index (χ0n) is 10.4. The maximum atomic E-state index is 12.4. The molecule has 2 aliphatic rings. The molecule has 3 nitrogen and oxygen atoms in total. The molecule has 3 rings (SSSR count). The Balaban J connectivity index is 2.08. The third kappa shape index (κ3) is 1.87. The first-order chi connectivity index (χ1) is 9.09. The van der Waals surface area contributed by atoms with Gasteiger partial charge in [-0.1, -0.05) is 24.3 Å². The van der Waals surface area contributed by atoms with Crippen molar-refractivity contribution in [1.82, 2.24) is 0 Å². The highest BCUT2D eigenvalue weighted by molar-refractivity contribution is 8.00. The van der Waals surface area contributed by atoms with Gasteiger partial charge in [0.25, 0.3) is 0 Å². The number of carbonyl (C=O) groups is 3. The Morgan fingerprint density at radius 2 is 1.68 bits per heavy atom. The second kappa shape index (κ2) is 4.46. The molecule has 0 aromatic heterocycles. The average Bonchev–Trinajstić information content (AvgIpc) is 2.44. The van der Waals surface area contributed by atoms with Gasteiger partial charge >= 0.3 is 0 Å². The molecule has 0 amide bonds. The fourth-order valence-corrected chi connectivity index (χ4v) is 3.73. The lowest BCUT2D eigenvalue weighted by Crippen LogP contribution is -2.30. The van der Waals surface area contributed by atoms with Gasteiger partial charge in [-0.15, -0.1) is 11.8 Å². The molecule has 96 valence electrons. The van der Waals surface area contributed by atoms with E-state index in [9.17, 15) is 14.4 Å². The average molecular weight is 272 g/mol. The number of ketones is 3. The molecule has 1 unspecified atom stereocenters. The summed E-state index contributed by atoms with van der Waals surface area (Å²) in [6.07, 6.45) is 0.383. The Labute approximate surface area is 115 Å². The van der Waals surface area contributed by atoms with Crippen molar-refractivity contribution >= 4 is 29.1 Å². The van der Waals surface area contributed by atoms with Crippen molar-refractivity contribution in [2.45, 2.75) is 18.6 Å². The summed E-state index contributed by atoms with van der Waals surface area (Å²) in [6.45, 7) is 1.53. The summed E-state index contributed by atoms with van der Waals surface area (Å²) in [4.78, 5) is 36.3. The molecule has 0 bridgehead atoms. The lowest BCUT2D eigenvalue weighted by Gasteiger charge is -2.28. The van der Waals surface area contributed by atoms with Crippen molar-refractivity contribution in [3.63, 3.8) is 0 Å². The lowest BCUT2D eigenvalue weighted by atomic mass is 9.82. The smallest absolute Gasteiger partial charge is 0.191 e. The SMILES string of the molecule is CC(=O)C1CC2=C(CS1)C(=O)c1ccccc1C2=O. The van der Waals surface area contributed by atoms with Crippen LogP contribution in [-0.4, -0.2) is 28.4 Å². The molecule has 4 heteroatoms. The molecule has 0 fully saturated rings. The molecule has 0 N–H and O–H groups in total. The van der Waals surface area contributed by atoms with E-state index in [1.165, 1.54) is 18.7 Å². The Kier molecular flexibility index (Phi) is 2.90. The second-order valence-corrected chi connectivity index (χ2v) is 5.97. The van der Waals surface area contributed by atoms with E-state index in [2.05, 4.69) is 0 Å². The first-order valence-corrected chi connectivity index (χ1v) is 7.17. The zero-order chi connectivity index (χ0) is 13.6. The minimum absolute atomic E-state index is 0.0558. The summed E-state index contributed by atoms with van der Waals surface area (Å²) >= 11 is 1.46. The summed E-state index contributed by atoms with van der Waals surface area (Å²) in [5, 5.41) is -0.194. The van der Waals surface area contributed by atoms with Crippen molar-refractivity contribution in [3.05, 3.63) is 46.5 Å². The van der Waals surface area contributed by atoms with Gasteiger partial charge < -0.3 is 0 Å². The van der Waals surface area contributed by atoms with Crippen molar-refractivity contribution < 1.29 is 14.4 Å². The number of hydrogen-bond acceptors (Lipinski definition) is 4. The quantitative estimate of drug-likeness (QED) is 0.788. The van der Waals surface area contributed by atoms with Crippen LogP contribution >= 0.6 is 11.8 Å². The topological polar surface area (TPSA) is 51.2 Å². The number of Topliss-reactive ketones (excluding diaryl/α,β-unsaturated/α-hetero) is 3. The van der Waals surface area contributed by atoms with Gasteiger partial charge in [0.15, 0.2) is 11.6 Å². The van der Waals surface area contributed by atoms with Crippen molar-refractivity contribution in [1.29, 1.82) is 0 Å². The van der Waals surface area contributed by atoms with Gasteiger partial charge in [-0.05, 0) is 13.3 Å². The molecule has 1 atom stereocenters. The maximum absolute atomic E-state index is 12.4. The molecule has 1 aliphatic heterocycles. The minimum atomic E-state index is -0.194. The van der Waals surface area contributed by atoms with Crippen molar-refractivity contribution in [2.24, 2.45) is 0 Å². The van der Waals surface area contributed by atoms with Crippen LogP contribution in [0.25, 0.3) is 0 Å². The summed E-state index contributed by atoms with van der Waals surface area (Å²) < 4.78 is 0. The fraction of sp³-hybridized carbons (Fsp3) is 0.267. The highest BCUT2D eigenvalue weighted by Gasteiger charge is 2.36. The second-order valence-electron chi connectivity index (χ2n) is 4.78. The number of hydrogen-bond donors (Lipinski definition) is 0. The van der Waals surface area contributed by atoms with Gasteiger partial charge in [0.1, 0.15) is 5.78 Å². The van der Waals surface area contributed by atoms with Crippen LogP contribution in [0.2, 0.25) is 0 Å². The van der Waals surface area contributed by atoms with Gasteiger partial charge in [-0.2, -0.15) is 0 Å². The molecular weight excluding hydrogens is 260 g/mol. The van der Waals surface area contributed by atoms with E-state index in [0.29, 0.717) is 34.4 Å². The summed E-state index contributed by atoms with van der Waals surface area (Å²) in [7, 11) is 0. The van der Waals surface area contributed by atoms with Gasteiger partial charge in [0.2, 0.25) is 0 Å². The lowest BCUT2D eigenvalue weighted by molar-refractivity contribution is -0.116. The molecule has 0 saturated heterocycles. The molecule has 1 aromatic rings. The Bertz CT molecular complexity index is 643. The van der Waals surface area contributed by atoms with Crippen LogP contribution in [-0.2, 0) is 4.79 Å². The van der Waals surface area contributed by atoms with E-state index in [4.69, 9.17) is 0 Å². The molecule has 1 aromatic carbocycles. The highest BCUT2D eigenvalue weighted by Crippen LogP contribution is 2.37. The monoisotopic (exact) mass is 272 g/mol. The van der Waals surface area contributed by atoms with Crippen molar-refractivity contribution in [3.8, 4) is 0 Å². The molecule has 1 aliphatic carbocycles. The predicted molar refractivity (Wildman–Crippen MR) is 73.7 cm³/mol. The van der Waals surface area contributed by atoms with Crippen LogP contribution in [0, 0.1) is 0 Å². The number of thioether (sulfide) groups is 1. The number of fused-ring (bicyclic) bond motifs is 1. The van der Waals surface area contributed by atoms with E-state index >= 15 is 0 Å². The Morgan fingerprint density at radius 3 is 2.26 bits per heavy atom. The number of rotatable bonds is 1. The predicted octanol–water partition coefficient (Wildman–Crippen LogP) is 2.46. The largest absolute Gasteiger partial charge is 0.299 e. The summed E-state index contributed by atoms with van der Waals surface area (Å²) in [6, 6.07) is 6.91. The molecule has 0 saturated carbocycles. The third-order valence-electron chi connectivity index (χ3n) is 3.60. The fourth-order valence-electron chi connectivity index (χ4n) is 2.54. The zero-order valence-corrected chi connectivity index (χ0v) is 11.3. The number of benzene rings is 1. The highest BCUT2D eigenvalue weighted by atomic mass is 32.2. The summed E-state index contributed by atoms with van der Waals surface area (Å²) in [5.74, 6) is 0.380. The van der Waals surface area contributed by atoms with Crippen LogP contribution in [0.1, 0.15) is 34.1 Å². The molecule has 0 spiro atoms. The standard InChI is InChI=1S/C15H12O3S/c1-8(16)13-6-11-12(7-19-13)15(18)10-5-3-2-4-9(10)14(11)17/h2-5,13H,6-7H2,1H3. The third-order valence-corrected chi connectivity index (χ3v) is 4.96. The van der Waals surface area contributed by atoms with Crippen LogP contribution in [0.5, 0.6) is 0 Å². The summed E-state index contributed by atoms with van der Waals surface area (Å²) in [5.41, 5.74) is 2.10. The van der Waals surface area contributed by atoms with E-state index in [0.717, 1.165) is 0 Å². The normalized spacial score (nSPS) is 22.1. The minimum Gasteiger partial charge on any atom is -0.299 e. The van der Waals surface area contributed by atoms with Crippen molar-refractivity contribution in [2.75, 3.05) is 5.75 Å². The first-order valence-electron chi connectivity index (χ1n) is 6.12. The van der Waals surface area contributed by atoms with Crippen LogP contribution in [0.15, 0.2) is 35.4 Å². The van der Waals surface area contributed by atoms with Gasteiger partial charge in [0.05, 0.1) is 5.25 Å². The number of carbonyl (C=O) groups excluding carboxylic acids is 3. The van der Waals surface area contributed by atoms with E-state index in [1.54, 1.807) is 24.3 Å². The number of allylic oxidation sites excluding steroid dienone is 1. The van der Waals surface area contributed by atoms with E-state index in [1.807, 2.05) is 0 Å². The maximum Gasteiger partial charge on any atom is 0.191 e. The Morgan fingerprint density at radius 1 is 1.11 bits per heavy atom. The van der Waals surface area contributed by atoms with Gasteiger partial charge in [-0.3, -0.25) is 14.4 Å². The van der Waals surface area contributed by atoms with E-state index in [-0.39, 0.29) is 22.6 Å². The molecule has 1 heterocycles. The molecule has 19 heavy (non-hydrogen) atoms.